The number of hydrogen-bond donors (Lipinski definition) is 1. The molecule has 0 heterocycles. The molecule has 0 bridgehead atoms. The average Bonchev–Trinajstić information content (AvgIpc) is 2.45. The second kappa shape index (κ2) is 7.55. The number of ether oxygens (including phenoxy) is 1. The molecular weight excluding hydrogens is 429 g/mol. The Bertz CT molecular complexity index is 590. The normalized spacial score (nSPS) is 10.4. The van der Waals surface area contributed by atoms with Crippen molar-refractivity contribution in [2.45, 2.75) is 0 Å². The van der Waals surface area contributed by atoms with Gasteiger partial charge < -0.3 is 10.1 Å². The van der Waals surface area contributed by atoms with Crippen LogP contribution in [0.1, 0.15) is 0 Å². The summed E-state index contributed by atoms with van der Waals surface area (Å²) >= 11 is 18.9. The maximum atomic E-state index is 6.14. The molecule has 2 aromatic rings. The molecule has 0 amide bonds. The molecule has 2 aromatic carbocycles. The zero-order valence-electron chi connectivity index (χ0n) is 10.3. The van der Waals surface area contributed by atoms with E-state index < -0.39 is 0 Å². The van der Waals surface area contributed by atoms with Crippen LogP contribution in [-0.2, 0) is 0 Å². The van der Waals surface area contributed by atoms with Gasteiger partial charge in [-0.15, -0.1) is 0 Å². The zero-order chi connectivity index (χ0) is 14.5. The van der Waals surface area contributed by atoms with Gasteiger partial charge in [-0.2, -0.15) is 0 Å². The SMILES string of the molecule is Clc1c(Br)ccc(NCCOc2ccc(Br)cc2)c1Cl. The van der Waals surface area contributed by atoms with E-state index in [-0.39, 0.29) is 0 Å². The second-order valence-corrected chi connectivity index (χ2v) is 6.48. The van der Waals surface area contributed by atoms with Crippen molar-refractivity contribution >= 4 is 60.7 Å². The highest BCUT2D eigenvalue weighted by Gasteiger charge is 2.07. The predicted octanol–water partition coefficient (Wildman–Crippen LogP) is 6.01. The van der Waals surface area contributed by atoms with Gasteiger partial charge in [0.2, 0.25) is 0 Å². The number of nitrogens with one attached hydrogen (secondary N) is 1. The Labute approximate surface area is 144 Å². The third-order valence-corrected chi connectivity index (χ3v) is 4.83. The van der Waals surface area contributed by atoms with Crippen LogP contribution in [0.2, 0.25) is 10.0 Å². The van der Waals surface area contributed by atoms with Crippen molar-refractivity contribution in [3.8, 4) is 5.75 Å². The monoisotopic (exact) mass is 437 g/mol. The maximum absolute atomic E-state index is 6.14. The lowest BCUT2D eigenvalue weighted by Gasteiger charge is -2.11. The van der Waals surface area contributed by atoms with Gasteiger partial charge in [0.15, 0.2) is 0 Å². The minimum atomic E-state index is 0.504. The van der Waals surface area contributed by atoms with Gasteiger partial charge in [0.1, 0.15) is 12.4 Å². The van der Waals surface area contributed by atoms with Gasteiger partial charge in [-0.3, -0.25) is 0 Å². The lowest BCUT2D eigenvalue weighted by molar-refractivity contribution is 0.333. The van der Waals surface area contributed by atoms with Crippen molar-refractivity contribution in [2.24, 2.45) is 0 Å². The minimum absolute atomic E-state index is 0.504. The van der Waals surface area contributed by atoms with E-state index in [9.17, 15) is 0 Å². The topological polar surface area (TPSA) is 21.3 Å². The summed E-state index contributed by atoms with van der Waals surface area (Å²) in [6.45, 7) is 1.17. The summed E-state index contributed by atoms with van der Waals surface area (Å²) in [6.07, 6.45) is 0. The van der Waals surface area contributed by atoms with E-state index in [1.807, 2.05) is 36.4 Å². The fourth-order valence-corrected chi connectivity index (χ4v) is 2.65. The van der Waals surface area contributed by atoms with Gasteiger partial charge in [0, 0.05) is 15.5 Å². The summed E-state index contributed by atoms with van der Waals surface area (Å²) in [5.41, 5.74) is 0.791. The van der Waals surface area contributed by atoms with Crippen LogP contribution in [0.4, 0.5) is 5.69 Å². The van der Waals surface area contributed by atoms with Gasteiger partial charge in [0.05, 0.1) is 15.7 Å². The Morgan fingerprint density at radius 3 is 2.35 bits per heavy atom. The molecule has 2 rings (SSSR count). The molecule has 0 aromatic heterocycles. The van der Waals surface area contributed by atoms with Crippen LogP contribution in [0.3, 0.4) is 0 Å². The average molecular weight is 440 g/mol. The molecule has 106 valence electrons. The van der Waals surface area contributed by atoms with Gasteiger partial charge in [-0.25, -0.2) is 0 Å². The second-order valence-electron chi connectivity index (χ2n) is 3.95. The first-order chi connectivity index (χ1) is 9.58. The first kappa shape index (κ1) is 16.0. The predicted molar refractivity (Wildman–Crippen MR) is 92.3 cm³/mol. The van der Waals surface area contributed by atoms with E-state index in [1.54, 1.807) is 0 Å². The number of anilines is 1. The van der Waals surface area contributed by atoms with E-state index in [2.05, 4.69) is 37.2 Å². The van der Waals surface area contributed by atoms with Crippen molar-refractivity contribution in [3.63, 3.8) is 0 Å². The number of hydrogen-bond acceptors (Lipinski definition) is 2. The molecule has 0 unspecified atom stereocenters. The molecule has 2 nitrogen and oxygen atoms in total. The Morgan fingerprint density at radius 1 is 0.950 bits per heavy atom. The molecule has 0 spiro atoms. The fourth-order valence-electron chi connectivity index (χ4n) is 1.55. The molecule has 0 saturated heterocycles. The molecule has 20 heavy (non-hydrogen) atoms. The van der Waals surface area contributed by atoms with E-state index in [4.69, 9.17) is 27.9 Å². The van der Waals surface area contributed by atoms with E-state index >= 15 is 0 Å². The molecule has 1 N–H and O–H groups in total. The largest absolute Gasteiger partial charge is 0.492 e. The molecule has 6 heteroatoms. The first-order valence-corrected chi connectivity index (χ1v) is 8.18. The summed E-state index contributed by atoms with van der Waals surface area (Å²) in [7, 11) is 0. The third-order valence-electron chi connectivity index (χ3n) is 2.54. The Hall–Kier alpha value is -0.420. The summed E-state index contributed by atoms with van der Waals surface area (Å²) in [6, 6.07) is 11.4. The number of rotatable bonds is 5. The highest BCUT2D eigenvalue weighted by Crippen LogP contribution is 2.35. The highest BCUT2D eigenvalue weighted by atomic mass is 79.9. The van der Waals surface area contributed by atoms with Crippen molar-refractivity contribution in [3.05, 3.63) is 55.4 Å². The van der Waals surface area contributed by atoms with Crippen LogP contribution >= 0.6 is 55.1 Å². The quantitative estimate of drug-likeness (QED) is 0.455. The van der Waals surface area contributed by atoms with E-state index in [0.717, 1.165) is 20.4 Å². The smallest absolute Gasteiger partial charge is 0.119 e. The molecule has 0 aliphatic heterocycles. The lowest BCUT2D eigenvalue weighted by Crippen LogP contribution is -2.11. The summed E-state index contributed by atoms with van der Waals surface area (Å²) in [5, 5.41) is 4.20. The molecule has 0 radical (unpaired) electrons. The molecule has 0 fully saturated rings. The molecule has 0 saturated carbocycles. The van der Waals surface area contributed by atoms with Crippen molar-refractivity contribution in [1.29, 1.82) is 0 Å². The van der Waals surface area contributed by atoms with Gasteiger partial charge in [0.25, 0.3) is 0 Å². The zero-order valence-corrected chi connectivity index (χ0v) is 15.0. The van der Waals surface area contributed by atoms with Crippen LogP contribution in [0.25, 0.3) is 0 Å². The van der Waals surface area contributed by atoms with Crippen molar-refractivity contribution in [2.75, 3.05) is 18.5 Å². The van der Waals surface area contributed by atoms with Gasteiger partial charge in [-0.1, -0.05) is 39.1 Å². The van der Waals surface area contributed by atoms with Crippen molar-refractivity contribution in [1.82, 2.24) is 0 Å². The van der Waals surface area contributed by atoms with Crippen molar-refractivity contribution < 1.29 is 4.74 Å². The molecule has 0 aliphatic carbocycles. The van der Waals surface area contributed by atoms with Crippen LogP contribution in [0.15, 0.2) is 45.3 Å². The van der Waals surface area contributed by atoms with Crippen LogP contribution < -0.4 is 10.1 Å². The summed E-state index contributed by atoms with van der Waals surface area (Å²) in [4.78, 5) is 0. The maximum Gasteiger partial charge on any atom is 0.119 e. The fraction of sp³-hybridized carbons (Fsp3) is 0.143. The van der Waals surface area contributed by atoms with E-state index in [1.165, 1.54) is 0 Å². The standard InChI is InChI=1S/C14H11Br2Cl2NO/c15-9-1-3-10(4-2-9)20-8-7-19-12-6-5-11(16)13(17)14(12)18/h1-6,19H,7-8H2. The number of benzene rings is 2. The van der Waals surface area contributed by atoms with Crippen LogP contribution in [0, 0.1) is 0 Å². The van der Waals surface area contributed by atoms with Gasteiger partial charge in [-0.05, 0) is 52.3 Å². The van der Waals surface area contributed by atoms with Crippen LogP contribution in [0.5, 0.6) is 5.75 Å². The van der Waals surface area contributed by atoms with Crippen LogP contribution in [-0.4, -0.2) is 13.2 Å². The minimum Gasteiger partial charge on any atom is -0.492 e. The molecular formula is C14H11Br2Cl2NO. The highest BCUT2D eigenvalue weighted by molar-refractivity contribution is 9.10. The van der Waals surface area contributed by atoms with Gasteiger partial charge >= 0.3 is 0 Å². The summed E-state index contributed by atoms with van der Waals surface area (Å²) in [5.74, 6) is 0.829. The van der Waals surface area contributed by atoms with E-state index in [0.29, 0.717) is 23.2 Å². The Kier molecular flexibility index (Phi) is 6.02. The lowest BCUT2D eigenvalue weighted by atomic mass is 10.3. The first-order valence-electron chi connectivity index (χ1n) is 5.83. The Morgan fingerprint density at radius 2 is 1.65 bits per heavy atom. The third kappa shape index (κ3) is 4.29. The number of halogens is 4. The summed E-state index contributed by atoms with van der Waals surface area (Å²) < 4.78 is 7.41. The molecule has 0 atom stereocenters. The Balaban J connectivity index is 1.84. The molecule has 0 aliphatic rings.